The van der Waals surface area contributed by atoms with E-state index >= 15 is 0 Å². The number of rotatable bonds is 3. The third kappa shape index (κ3) is 2.99. The molecular weight excluding hydrogens is 164 g/mol. The lowest BCUT2D eigenvalue weighted by molar-refractivity contribution is -0.122. The van der Waals surface area contributed by atoms with E-state index in [2.05, 4.69) is 31.4 Å². The van der Waals surface area contributed by atoms with Gasteiger partial charge < -0.3 is 10.6 Å². The van der Waals surface area contributed by atoms with Gasteiger partial charge in [-0.25, -0.2) is 0 Å². The summed E-state index contributed by atoms with van der Waals surface area (Å²) in [6.07, 6.45) is 2.09. The molecule has 3 heteroatoms. The van der Waals surface area contributed by atoms with Gasteiger partial charge in [0, 0.05) is 24.5 Å². The highest BCUT2D eigenvalue weighted by atomic mass is 16.1. The normalized spacial score (nSPS) is 32.8. The highest BCUT2D eigenvalue weighted by Crippen LogP contribution is 2.31. The number of carbonyl (C=O) groups excluding carboxylic acids is 1. The van der Waals surface area contributed by atoms with Crippen molar-refractivity contribution in [1.82, 2.24) is 10.6 Å². The molecule has 0 bridgehead atoms. The van der Waals surface area contributed by atoms with Gasteiger partial charge in [0.2, 0.25) is 5.91 Å². The quantitative estimate of drug-likeness (QED) is 0.688. The van der Waals surface area contributed by atoms with Crippen molar-refractivity contribution in [3.05, 3.63) is 0 Å². The van der Waals surface area contributed by atoms with Gasteiger partial charge in [0.1, 0.15) is 0 Å². The molecule has 0 aromatic rings. The van der Waals surface area contributed by atoms with Crippen LogP contribution in [0.4, 0.5) is 0 Å². The fraction of sp³-hybridized carbons (Fsp3) is 0.900. The number of nitrogens with one attached hydrogen (secondary N) is 2. The summed E-state index contributed by atoms with van der Waals surface area (Å²) >= 11 is 0. The first-order valence-electron chi connectivity index (χ1n) is 4.96. The summed E-state index contributed by atoms with van der Waals surface area (Å²) < 4.78 is 0. The van der Waals surface area contributed by atoms with Gasteiger partial charge in [0.05, 0.1) is 0 Å². The molecule has 1 rings (SSSR count). The minimum absolute atomic E-state index is 0.0401. The predicted molar refractivity (Wildman–Crippen MR) is 53.5 cm³/mol. The van der Waals surface area contributed by atoms with Crippen LogP contribution in [0.1, 0.15) is 40.5 Å². The van der Waals surface area contributed by atoms with Crippen LogP contribution in [0.5, 0.6) is 0 Å². The Hall–Kier alpha value is -0.570. The molecule has 0 saturated heterocycles. The van der Waals surface area contributed by atoms with Crippen LogP contribution in [0.2, 0.25) is 0 Å². The van der Waals surface area contributed by atoms with Crippen LogP contribution in [0, 0.1) is 0 Å². The molecule has 0 unspecified atom stereocenters. The zero-order valence-corrected chi connectivity index (χ0v) is 8.98. The molecule has 1 fully saturated rings. The number of hydrogen-bond acceptors (Lipinski definition) is 2. The van der Waals surface area contributed by atoms with Crippen LogP contribution in [-0.2, 0) is 4.79 Å². The minimum Gasteiger partial charge on any atom is -0.351 e. The van der Waals surface area contributed by atoms with Gasteiger partial charge in [-0.15, -0.1) is 0 Å². The van der Waals surface area contributed by atoms with E-state index in [9.17, 15) is 4.79 Å². The average molecular weight is 184 g/mol. The Balaban J connectivity index is 2.26. The minimum atomic E-state index is 0.0401. The summed E-state index contributed by atoms with van der Waals surface area (Å²) in [5, 5.41) is 6.44. The van der Waals surface area contributed by atoms with E-state index in [-0.39, 0.29) is 11.4 Å². The van der Waals surface area contributed by atoms with E-state index in [1.165, 1.54) is 0 Å². The number of amides is 1. The maximum atomic E-state index is 10.8. The van der Waals surface area contributed by atoms with E-state index in [1.807, 2.05) is 0 Å². The summed E-state index contributed by atoms with van der Waals surface area (Å²) in [5.74, 6) is 0.0745. The molecule has 1 aliphatic carbocycles. The molecule has 1 saturated carbocycles. The molecule has 0 aromatic carbocycles. The van der Waals surface area contributed by atoms with Crippen molar-refractivity contribution in [3.63, 3.8) is 0 Å². The summed E-state index contributed by atoms with van der Waals surface area (Å²) in [6.45, 7) is 7.98. The first-order valence-corrected chi connectivity index (χ1v) is 4.96. The molecule has 0 atom stereocenters. The molecule has 0 heterocycles. The van der Waals surface area contributed by atoms with E-state index in [0.29, 0.717) is 12.1 Å². The van der Waals surface area contributed by atoms with Gasteiger partial charge in [-0.3, -0.25) is 4.79 Å². The Morgan fingerprint density at radius 1 is 1.46 bits per heavy atom. The van der Waals surface area contributed by atoms with Crippen LogP contribution < -0.4 is 10.6 Å². The SMILES string of the molecule is CC(=O)N[C@]1(C)C[C@@H](NC(C)C)C1. The fourth-order valence-electron chi connectivity index (χ4n) is 2.14. The molecular formula is C10H20N2O. The summed E-state index contributed by atoms with van der Waals surface area (Å²) in [7, 11) is 0. The lowest BCUT2D eigenvalue weighted by Gasteiger charge is -2.46. The summed E-state index contributed by atoms with van der Waals surface area (Å²) in [6, 6.07) is 1.11. The lowest BCUT2D eigenvalue weighted by atomic mass is 9.74. The Labute approximate surface area is 80.3 Å². The predicted octanol–water partition coefficient (Wildman–Crippen LogP) is 1.04. The second kappa shape index (κ2) is 3.66. The van der Waals surface area contributed by atoms with Crippen molar-refractivity contribution in [2.75, 3.05) is 0 Å². The standard InChI is InChI=1S/C10H20N2O/c1-7(2)11-9-5-10(4,6-9)12-8(3)13/h7,9,11H,5-6H2,1-4H3,(H,12,13)/t9-,10-. The van der Waals surface area contributed by atoms with Gasteiger partial charge in [0.25, 0.3) is 0 Å². The first kappa shape index (κ1) is 10.5. The topological polar surface area (TPSA) is 41.1 Å². The van der Waals surface area contributed by atoms with Crippen molar-refractivity contribution in [1.29, 1.82) is 0 Å². The van der Waals surface area contributed by atoms with Crippen LogP contribution in [0.15, 0.2) is 0 Å². The monoisotopic (exact) mass is 184 g/mol. The van der Waals surface area contributed by atoms with Crippen molar-refractivity contribution < 1.29 is 4.79 Å². The summed E-state index contributed by atoms with van der Waals surface area (Å²) in [5.41, 5.74) is 0.0401. The molecule has 13 heavy (non-hydrogen) atoms. The zero-order valence-electron chi connectivity index (χ0n) is 8.98. The molecule has 0 aromatic heterocycles. The van der Waals surface area contributed by atoms with Crippen LogP contribution in [0.3, 0.4) is 0 Å². The van der Waals surface area contributed by atoms with E-state index in [1.54, 1.807) is 6.92 Å². The highest BCUT2D eigenvalue weighted by Gasteiger charge is 2.40. The zero-order chi connectivity index (χ0) is 10.1. The summed E-state index contributed by atoms with van der Waals surface area (Å²) in [4.78, 5) is 10.8. The largest absolute Gasteiger partial charge is 0.351 e. The molecule has 3 nitrogen and oxygen atoms in total. The molecule has 76 valence electrons. The molecule has 0 aliphatic heterocycles. The number of carbonyl (C=O) groups is 1. The Kier molecular flexibility index (Phi) is 2.96. The van der Waals surface area contributed by atoms with Gasteiger partial charge in [0.15, 0.2) is 0 Å². The molecule has 1 amide bonds. The molecule has 0 radical (unpaired) electrons. The van der Waals surface area contributed by atoms with Crippen LogP contribution in [0.25, 0.3) is 0 Å². The van der Waals surface area contributed by atoms with Crippen LogP contribution >= 0.6 is 0 Å². The Morgan fingerprint density at radius 2 is 2.00 bits per heavy atom. The first-order chi connectivity index (χ1) is 5.91. The Bertz CT molecular complexity index is 195. The molecule has 2 N–H and O–H groups in total. The van der Waals surface area contributed by atoms with Gasteiger partial charge in [-0.2, -0.15) is 0 Å². The maximum absolute atomic E-state index is 10.8. The Morgan fingerprint density at radius 3 is 2.38 bits per heavy atom. The average Bonchev–Trinajstić information content (AvgIpc) is 1.79. The number of hydrogen-bond donors (Lipinski definition) is 2. The second-order valence-corrected chi connectivity index (χ2v) is 4.67. The lowest BCUT2D eigenvalue weighted by Crippen LogP contribution is -2.61. The third-order valence-corrected chi connectivity index (χ3v) is 2.44. The van der Waals surface area contributed by atoms with Crippen molar-refractivity contribution in [3.8, 4) is 0 Å². The third-order valence-electron chi connectivity index (χ3n) is 2.44. The van der Waals surface area contributed by atoms with E-state index in [4.69, 9.17) is 0 Å². The second-order valence-electron chi connectivity index (χ2n) is 4.67. The van der Waals surface area contributed by atoms with E-state index < -0.39 is 0 Å². The van der Waals surface area contributed by atoms with Gasteiger partial charge in [-0.1, -0.05) is 13.8 Å². The van der Waals surface area contributed by atoms with Crippen molar-refractivity contribution >= 4 is 5.91 Å². The van der Waals surface area contributed by atoms with E-state index in [0.717, 1.165) is 12.8 Å². The molecule has 1 aliphatic rings. The van der Waals surface area contributed by atoms with Crippen molar-refractivity contribution in [2.24, 2.45) is 0 Å². The van der Waals surface area contributed by atoms with Crippen molar-refractivity contribution in [2.45, 2.75) is 58.2 Å². The maximum Gasteiger partial charge on any atom is 0.217 e. The molecule has 0 spiro atoms. The highest BCUT2D eigenvalue weighted by molar-refractivity contribution is 5.74. The van der Waals surface area contributed by atoms with Gasteiger partial charge >= 0.3 is 0 Å². The fourth-order valence-corrected chi connectivity index (χ4v) is 2.14. The van der Waals surface area contributed by atoms with Crippen LogP contribution in [-0.4, -0.2) is 23.5 Å². The van der Waals surface area contributed by atoms with Gasteiger partial charge in [-0.05, 0) is 19.8 Å². The smallest absolute Gasteiger partial charge is 0.217 e.